The Bertz CT molecular complexity index is 2800. The van der Waals surface area contributed by atoms with Gasteiger partial charge in [0.05, 0.1) is 27.8 Å². The van der Waals surface area contributed by atoms with Crippen LogP contribution in [0.2, 0.25) is 0 Å². The molecule has 0 unspecified atom stereocenters. The number of hydrogen-bond donors (Lipinski definition) is 0. The van der Waals surface area contributed by atoms with Gasteiger partial charge >= 0.3 is 0 Å². The number of furan rings is 1. The Labute approximate surface area is 300 Å². The summed E-state index contributed by atoms with van der Waals surface area (Å²) in [6.07, 6.45) is 7.25. The van der Waals surface area contributed by atoms with E-state index in [-0.39, 0.29) is 0 Å². The van der Waals surface area contributed by atoms with Gasteiger partial charge in [0.25, 0.3) is 0 Å². The predicted molar refractivity (Wildman–Crippen MR) is 211 cm³/mol. The lowest BCUT2D eigenvalue weighted by molar-refractivity contribution is 0.636. The Morgan fingerprint density at radius 1 is 0.423 bits per heavy atom. The summed E-state index contributed by atoms with van der Waals surface area (Å²) in [6.45, 7) is 0. The van der Waals surface area contributed by atoms with Crippen LogP contribution < -0.4 is 0 Å². The molecule has 0 bridgehead atoms. The molecule has 52 heavy (non-hydrogen) atoms. The van der Waals surface area contributed by atoms with Crippen molar-refractivity contribution < 1.29 is 4.42 Å². The van der Waals surface area contributed by atoms with E-state index in [1.165, 1.54) is 0 Å². The van der Waals surface area contributed by atoms with Crippen molar-refractivity contribution in [3.8, 4) is 61.8 Å². The van der Waals surface area contributed by atoms with Gasteiger partial charge in [0.15, 0.2) is 0 Å². The Balaban J connectivity index is 1.15. The molecule has 0 spiro atoms. The molecule has 0 fully saturated rings. The fraction of sp³-hybridized carbons (Fsp3) is 0. The van der Waals surface area contributed by atoms with Gasteiger partial charge in [0, 0.05) is 63.5 Å². The second kappa shape index (κ2) is 12.3. The second-order valence-corrected chi connectivity index (χ2v) is 12.9. The number of para-hydroxylation sites is 1. The third-order valence-corrected chi connectivity index (χ3v) is 9.83. The Kier molecular flexibility index (Phi) is 7.07. The first-order chi connectivity index (χ1) is 25.8. The van der Waals surface area contributed by atoms with Crippen LogP contribution in [0.25, 0.3) is 94.6 Å². The number of hydrogen-bond acceptors (Lipinski definition) is 4. The SMILES string of the molecule is c1ccc(-c2oc3c(ccc4c3c3ccccc3n4-c3ccc(-c4cc(-c5ccncc5)cc(-c5ccncc5)n4)cc3)c2-c2ccccc2)cc1. The third-order valence-electron chi connectivity index (χ3n) is 9.83. The summed E-state index contributed by atoms with van der Waals surface area (Å²) in [7, 11) is 0. The smallest absolute Gasteiger partial charge is 0.145 e. The fourth-order valence-electron chi connectivity index (χ4n) is 7.41. The molecule has 244 valence electrons. The maximum Gasteiger partial charge on any atom is 0.145 e. The van der Waals surface area contributed by atoms with Crippen molar-refractivity contribution in [1.29, 1.82) is 0 Å². The average molecular weight is 667 g/mol. The zero-order chi connectivity index (χ0) is 34.4. The summed E-state index contributed by atoms with van der Waals surface area (Å²) >= 11 is 0. The second-order valence-electron chi connectivity index (χ2n) is 12.9. The molecule has 0 N–H and O–H groups in total. The lowest BCUT2D eigenvalue weighted by Crippen LogP contribution is -1.95. The molecule has 5 heteroatoms. The van der Waals surface area contributed by atoms with Crippen LogP contribution in [-0.4, -0.2) is 19.5 Å². The minimum Gasteiger partial charge on any atom is -0.455 e. The Hall–Kier alpha value is -7.11. The third kappa shape index (κ3) is 4.98. The molecule has 0 aliphatic rings. The predicted octanol–water partition coefficient (Wildman–Crippen LogP) is 12.0. The van der Waals surface area contributed by atoms with Crippen LogP contribution in [0, 0.1) is 0 Å². The van der Waals surface area contributed by atoms with Gasteiger partial charge in [-0.25, -0.2) is 4.98 Å². The summed E-state index contributed by atoms with van der Waals surface area (Å²) in [5.41, 5.74) is 13.5. The van der Waals surface area contributed by atoms with Crippen molar-refractivity contribution in [2.24, 2.45) is 0 Å². The molecule has 0 radical (unpaired) electrons. The number of pyridine rings is 3. The first-order valence-corrected chi connectivity index (χ1v) is 17.3. The summed E-state index contributed by atoms with van der Waals surface area (Å²) in [5.74, 6) is 0.878. The fourth-order valence-corrected chi connectivity index (χ4v) is 7.41. The van der Waals surface area contributed by atoms with Gasteiger partial charge in [0.2, 0.25) is 0 Å². The molecule has 10 rings (SSSR count). The van der Waals surface area contributed by atoms with Gasteiger partial charge in [-0.1, -0.05) is 91.0 Å². The molecule has 0 atom stereocenters. The van der Waals surface area contributed by atoms with E-state index in [0.717, 1.165) is 94.6 Å². The van der Waals surface area contributed by atoms with E-state index in [9.17, 15) is 0 Å². The number of fused-ring (bicyclic) bond motifs is 5. The van der Waals surface area contributed by atoms with E-state index >= 15 is 0 Å². The number of benzene rings is 5. The van der Waals surface area contributed by atoms with E-state index in [1.807, 2.05) is 42.7 Å². The van der Waals surface area contributed by atoms with Crippen molar-refractivity contribution in [1.82, 2.24) is 19.5 Å². The summed E-state index contributed by atoms with van der Waals surface area (Å²) in [4.78, 5) is 13.6. The molecule has 0 saturated carbocycles. The highest BCUT2D eigenvalue weighted by Crippen LogP contribution is 2.46. The van der Waals surface area contributed by atoms with E-state index in [0.29, 0.717) is 0 Å². The van der Waals surface area contributed by atoms with Gasteiger partial charge in [-0.15, -0.1) is 0 Å². The van der Waals surface area contributed by atoms with Crippen molar-refractivity contribution in [2.45, 2.75) is 0 Å². The largest absolute Gasteiger partial charge is 0.455 e. The van der Waals surface area contributed by atoms with Gasteiger partial charge in [-0.3, -0.25) is 9.97 Å². The minimum atomic E-state index is 0.878. The molecule has 0 saturated heterocycles. The monoisotopic (exact) mass is 666 g/mol. The van der Waals surface area contributed by atoms with Crippen LogP contribution in [0.5, 0.6) is 0 Å². The molecule has 10 aromatic rings. The zero-order valence-electron chi connectivity index (χ0n) is 28.0. The van der Waals surface area contributed by atoms with Crippen LogP contribution in [0.4, 0.5) is 0 Å². The van der Waals surface area contributed by atoms with E-state index in [2.05, 4.69) is 142 Å². The van der Waals surface area contributed by atoms with Gasteiger partial charge in [-0.2, -0.15) is 0 Å². The Morgan fingerprint density at radius 3 is 1.71 bits per heavy atom. The van der Waals surface area contributed by atoms with Gasteiger partial charge < -0.3 is 8.98 Å². The topological polar surface area (TPSA) is 56.7 Å². The molecular weight excluding hydrogens is 637 g/mol. The highest BCUT2D eigenvalue weighted by Gasteiger charge is 2.23. The normalized spacial score (nSPS) is 11.5. The molecule has 5 aromatic carbocycles. The van der Waals surface area contributed by atoms with Crippen LogP contribution in [0.1, 0.15) is 0 Å². The van der Waals surface area contributed by atoms with E-state index in [4.69, 9.17) is 9.40 Å². The van der Waals surface area contributed by atoms with Crippen LogP contribution in [-0.2, 0) is 0 Å². The molecular formula is C47H30N4O. The first-order valence-electron chi connectivity index (χ1n) is 17.3. The number of aromatic nitrogens is 4. The molecule has 0 aliphatic carbocycles. The number of nitrogens with zero attached hydrogens (tertiary/aromatic N) is 4. The van der Waals surface area contributed by atoms with Crippen molar-refractivity contribution >= 4 is 32.8 Å². The summed E-state index contributed by atoms with van der Waals surface area (Å²) in [6, 6.07) is 55.0. The van der Waals surface area contributed by atoms with E-state index in [1.54, 1.807) is 12.4 Å². The Morgan fingerprint density at radius 2 is 1.02 bits per heavy atom. The van der Waals surface area contributed by atoms with Gasteiger partial charge in [0.1, 0.15) is 11.3 Å². The van der Waals surface area contributed by atoms with E-state index < -0.39 is 0 Å². The first kappa shape index (κ1) is 29.8. The van der Waals surface area contributed by atoms with Crippen molar-refractivity contribution in [3.63, 3.8) is 0 Å². The van der Waals surface area contributed by atoms with Crippen molar-refractivity contribution in [3.05, 3.63) is 183 Å². The van der Waals surface area contributed by atoms with Crippen molar-refractivity contribution in [2.75, 3.05) is 0 Å². The maximum absolute atomic E-state index is 6.95. The molecule has 0 aliphatic heterocycles. The van der Waals surface area contributed by atoms with Crippen LogP contribution in [0.15, 0.2) is 187 Å². The molecule has 5 aromatic heterocycles. The summed E-state index contributed by atoms with van der Waals surface area (Å²) < 4.78 is 9.29. The highest BCUT2D eigenvalue weighted by molar-refractivity contribution is 6.22. The van der Waals surface area contributed by atoms with Gasteiger partial charge in [-0.05, 0) is 83.4 Å². The lowest BCUT2D eigenvalue weighted by atomic mass is 9.98. The highest BCUT2D eigenvalue weighted by atomic mass is 16.3. The molecule has 0 amide bonds. The zero-order valence-corrected chi connectivity index (χ0v) is 28.0. The maximum atomic E-state index is 6.95. The number of rotatable bonds is 6. The molecule has 5 heterocycles. The molecule has 5 nitrogen and oxygen atoms in total. The lowest BCUT2D eigenvalue weighted by Gasteiger charge is -2.12. The standard InChI is InChI=1S/C47H30N4O/c1-3-9-34(10-4-1)44-39-19-20-43-45(47(39)52-46(44)35-11-5-2-6-12-35)38-13-7-8-14-42(38)51(43)37-17-15-32(16-18-37)40-29-36(31-21-25-48-26-22-31)30-41(50-40)33-23-27-49-28-24-33/h1-30H. The minimum absolute atomic E-state index is 0.878. The quantitative estimate of drug-likeness (QED) is 0.177. The van der Waals surface area contributed by atoms with Crippen LogP contribution >= 0.6 is 0 Å². The average Bonchev–Trinajstić information content (AvgIpc) is 3.78. The summed E-state index contributed by atoms with van der Waals surface area (Å²) in [5, 5.41) is 3.35. The van der Waals surface area contributed by atoms with Crippen LogP contribution in [0.3, 0.4) is 0 Å².